The van der Waals surface area contributed by atoms with Gasteiger partial charge in [0.1, 0.15) is 0 Å². The zero-order chi connectivity index (χ0) is 34.9. The zero-order valence-electron chi connectivity index (χ0n) is 30.1. The summed E-state index contributed by atoms with van der Waals surface area (Å²) in [5.74, 6) is 0.227. The number of fused-ring (bicyclic) bond motifs is 2. The van der Waals surface area contributed by atoms with Crippen LogP contribution in [-0.2, 0) is 29.0 Å². The van der Waals surface area contributed by atoms with Crippen LogP contribution in [0.2, 0.25) is 0 Å². The molecule has 0 saturated carbocycles. The van der Waals surface area contributed by atoms with Crippen LogP contribution in [0.3, 0.4) is 0 Å². The molecule has 47 heavy (non-hydrogen) atoms. The number of para-hydroxylation sites is 1. The highest BCUT2D eigenvalue weighted by molar-refractivity contribution is 5.95. The Kier molecular flexibility index (Phi) is 22.0. The number of nitrogens with zero attached hydrogens (tertiary/aromatic N) is 2. The summed E-state index contributed by atoms with van der Waals surface area (Å²) in [4.78, 5) is 30.4. The molecule has 5 rings (SSSR count). The molecule has 3 aromatic carbocycles. The largest absolute Gasteiger partial charge is 0.361 e. The summed E-state index contributed by atoms with van der Waals surface area (Å²) in [6.07, 6.45) is 7.46. The Labute approximate surface area is 284 Å². The number of aromatic amines is 1. The van der Waals surface area contributed by atoms with Crippen molar-refractivity contribution in [2.24, 2.45) is 5.73 Å². The molecule has 0 aliphatic carbocycles. The van der Waals surface area contributed by atoms with E-state index in [0.717, 1.165) is 63.1 Å². The van der Waals surface area contributed by atoms with Gasteiger partial charge in [0.05, 0.1) is 0 Å². The first-order valence-electron chi connectivity index (χ1n) is 17.6. The molecule has 1 aromatic heterocycles. The molecule has 0 spiro atoms. The number of hydrogen-bond acceptors (Lipinski definition) is 4. The Bertz CT molecular complexity index is 1390. The Balaban J connectivity index is 0.000000418. The third kappa shape index (κ3) is 14.6. The maximum Gasteiger partial charge on any atom is 0.227 e. The van der Waals surface area contributed by atoms with Crippen LogP contribution in [0.4, 0.5) is 5.69 Å². The van der Waals surface area contributed by atoms with Gasteiger partial charge in [0.25, 0.3) is 0 Å². The highest BCUT2D eigenvalue weighted by Crippen LogP contribution is 2.29. The number of nitrogens with two attached hydrogens (primary N) is 1. The fraction of sp³-hybridized carbons (Fsp3) is 0.450. The van der Waals surface area contributed by atoms with Crippen LogP contribution >= 0.6 is 0 Å². The van der Waals surface area contributed by atoms with E-state index in [4.69, 9.17) is 5.73 Å². The normalized spacial score (nSPS) is 11.3. The smallest absolute Gasteiger partial charge is 0.227 e. The van der Waals surface area contributed by atoms with E-state index < -0.39 is 0 Å². The molecule has 4 aromatic rings. The number of anilines is 1. The van der Waals surface area contributed by atoms with Crippen LogP contribution < -0.4 is 16.0 Å². The summed E-state index contributed by atoms with van der Waals surface area (Å²) in [6, 6.07) is 24.9. The Morgan fingerprint density at radius 2 is 1.66 bits per heavy atom. The van der Waals surface area contributed by atoms with Crippen molar-refractivity contribution < 1.29 is 9.59 Å². The van der Waals surface area contributed by atoms with Gasteiger partial charge < -0.3 is 20.9 Å². The molecular formula is C40H61N5O2. The molecule has 0 saturated heterocycles. The topological polar surface area (TPSA) is 94.5 Å². The molecular weight excluding hydrogens is 582 g/mol. The van der Waals surface area contributed by atoms with E-state index in [0.29, 0.717) is 19.5 Å². The lowest BCUT2D eigenvalue weighted by atomic mass is 9.99. The lowest BCUT2D eigenvalue weighted by Crippen LogP contribution is -2.35. The predicted molar refractivity (Wildman–Crippen MR) is 202 cm³/mol. The summed E-state index contributed by atoms with van der Waals surface area (Å²) in [6.45, 7) is 19.0. The monoisotopic (exact) mass is 643 g/mol. The number of rotatable bonds is 11. The number of amides is 2. The molecule has 1 aliphatic rings. The number of hydrogen-bond donors (Lipinski definition) is 3. The predicted octanol–water partition coefficient (Wildman–Crippen LogP) is 8.05. The van der Waals surface area contributed by atoms with Crippen molar-refractivity contribution in [3.05, 3.63) is 101 Å². The quantitative estimate of drug-likeness (QED) is 0.114. The number of benzene rings is 3. The second kappa shape index (κ2) is 25.2. The third-order valence-electron chi connectivity index (χ3n) is 7.29. The van der Waals surface area contributed by atoms with Crippen molar-refractivity contribution in [1.29, 1.82) is 0 Å². The van der Waals surface area contributed by atoms with Crippen molar-refractivity contribution in [3.8, 4) is 0 Å². The molecule has 4 N–H and O–H groups in total. The first-order chi connectivity index (χ1) is 23.0. The van der Waals surface area contributed by atoms with Gasteiger partial charge in [0.2, 0.25) is 12.3 Å². The Morgan fingerprint density at radius 3 is 2.34 bits per heavy atom. The van der Waals surface area contributed by atoms with E-state index in [1.54, 1.807) is 0 Å². The van der Waals surface area contributed by atoms with Crippen LogP contribution in [0.5, 0.6) is 0 Å². The maximum atomic E-state index is 12.8. The van der Waals surface area contributed by atoms with Gasteiger partial charge >= 0.3 is 0 Å². The SMILES string of the molecule is CC.CC.CCC.Cc1ccc2c(c1)CCCN2C(=O)CCc1c[nH]c2ccccc12.NCCN(CCNC=O)Cc1ccccc1. The summed E-state index contributed by atoms with van der Waals surface area (Å²) in [5.41, 5.74) is 12.9. The van der Waals surface area contributed by atoms with Crippen LogP contribution in [0.25, 0.3) is 10.9 Å². The standard InChI is InChI=1S/C21H22N2O.C12H19N3O.C3H8.2C2H6/c1-15-8-10-20-16(13-15)5-4-12-23(20)21(24)11-9-17-14-22-19-7-3-2-6-18(17)19;13-6-8-15(9-7-14-11-16)10-12-4-2-1-3-5-12;1-3-2;2*1-2/h2-3,6-8,10,13-14,22H,4-5,9,11-12H2,1H3;1-5,11H,6-10,13H2,(H,14,16);3H2,1-2H3;2*1-2H3. The van der Waals surface area contributed by atoms with Crippen LogP contribution in [0.15, 0.2) is 79.0 Å². The van der Waals surface area contributed by atoms with Crippen LogP contribution in [0, 0.1) is 6.92 Å². The van der Waals surface area contributed by atoms with Gasteiger partial charge in [-0.15, -0.1) is 0 Å². The van der Waals surface area contributed by atoms with Crippen molar-refractivity contribution in [2.45, 2.75) is 87.1 Å². The van der Waals surface area contributed by atoms with Crippen LogP contribution in [-0.4, -0.2) is 54.9 Å². The number of aromatic nitrogens is 1. The second-order valence-corrected chi connectivity index (χ2v) is 11.0. The average molecular weight is 644 g/mol. The molecule has 0 atom stereocenters. The lowest BCUT2D eigenvalue weighted by molar-refractivity contribution is -0.118. The molecule has 0 radical (unpaired) electrons. The molecule has 0 unspecified atom stereocenters. The third-order valence-corrected chi connectivity index (χ3v) is 7.29. The van der Waals surface area contributed by atoms with Crippen molar-refractivity contribution in [1.82, 2.24) is 15.2 Å². The Hall–Kier alpha value is -3.94. The number of H-pyrrole nitrogens is 1. The number of carbonyl (C=O) groups excluding carboxylic acids is 2. The molecule has 1 aliphatic heterocycles. The van der Waals surface area contributed by atoms with Crippen molar-refractivity contribution in [3.63, 3.8) is 0 Å². The Morgan fingerprint density at radius 1 is 0.979 bits per heavy atom. The fourth-order valence-corrected chi connectivity index (χ4v) is 5.28. The van der Waals surface area contributed by atoms with E-state index in [1.165, 1.54) is 34.1 Å². The zero-order valence-corrected chi connectivity index (χ0v) is 30.1. The fourth-order valence-electron chi connectivity index (χ4n) is 5.28. The van der Waals surface area contributed by atoms with Gasteiger partial charge in [0.15, 0.2) is 0 Å². The molecule has 0 fully saturated rings. The highest BCUT2D eigenvalue weighted by Gasteiger charge is 2.22. The van der Waals surface area contributed by atoms with Crippen LogP contribution in [0.1, 0.15) is 83.1 Å². The minimum atomic E-state index is 0.227. The maximum absolute atomic E-state index is 12.8. The van der Waals surface area contributed by atoms with E-state index in [-0.39, 0.29) is 5.91 Å². The van der Waals surface area contributed by atoms with E-state index in [2.05, 4.69) is 78.4 Å². The summed E-state index contributed by atoms with van der Waals surface area (Å²) < 4.78 is 0. The van der Waals surface area contributed by atoms with Crippen molar-refractivity contribution >= 4 is 28.9 Å². The van der Waals surface area contributed by atoms with Gasteiger partial charge in [-0.25, -0.2) is 0 Å². The molecule has 0 bridgehead atoms. The summed E-state index contributed by atoms with van der Waals surface area (Å²) >= 11 is 0. The summed E-state index contributed by atoms with van der Waals surface area (Å²) in [5, 5.41) is 3.88. The second-order valence-electron chi connectivity index (χ2n) is 11.0. The molecule has 2 amide bonds. The molecule has 7 heteroatoms. The average Bonchev–Trinajstić information content (AvgIpc) is 3.53. The first kappa shape index (κ1) is 41.1. The van der Waals surface area contributed by atoms with Gasteiger partial charge in [-0.05, 0) is 55.0 Å². The van der Waals surface area contributed by atoms with Gasteiger partial charge in [-0.3, -0.25) is 14.5 Å². The van der Waals surface area contributed by atoms with Gasteiger partial charge in [0, 0.05) is 68.5 Å². The molecule has 2 heterocycles. The highest BCUT2D eigenvalue weighted by atomic mass is 16.2. The number of carbonyl (C=O) groups is 2. The van der Waals surface area contributed by atoms with E-state index in [9.17, 15) is 9.59 Å². The molecule has 7 nitrogen and oxygen atoms in total. The van der Waals surface area contributed by atoms with Crippen molar-refractivity contribution in [2.75, 3.05) is 37.6 Å². The minimum Gasteiger partial charge on any atom is -0.361 e. The van der Waals surface area contributed by atoms with Gasteiger partial charge in [-0.1, -0.05) is 114 Å². The van der Waals surface area contributed by atoms with E-state index >= 15 is 0 Å². The number of nitrogens with one attached hydrogen (secondary N) is 2. The minimum absolute atomic E-state index is 0.227. The summed E-state index contributed by atoms with van der Waals surface area (Å²) in [7, 11) is 0. The van der Waals surface area contributed by atoms with Gasteiger partial charge in [-0.2, -0.15) is 0 Å². The molecule has 258 valence electrons. The first-order valence-corrected chi connectivity index (χ1v) is 17.6. The number of aryl methyl sites for hydroxylation is 3. The van der Waals surface area contributed by atoms with E-state index in [1.807, 2.05) is 69.1 Å². The lowest BCUT2D eigenvalue weighted by Gasteiger charge is -2.30.